The Morgan fingerprint density at radius 1 is 1.29 bits per heavy atom. The number of imidazole rings is 1. The van der Waals surface area contributed by atoms with Crippen LogP contribution >= 0.6 is 0 Å². The van der Waals surface area contributed by atoms with Crippen LogP contribution in [0.25, 0.3) is 11.0 Å². The summed E-state index contributed by atoms with van der Waals surface area (Å²) in [5, 5.41) is 8.93. The van der Waals surface area contributed by atoms with Gasteiger partial charge >= 0.3 is 5.97 Å². The summed E-state index contributed by atoms with van der Waals surface area (Å²) in [5.74, 6) is 0.745. The van der Waals surface area contributed by atoms with Gasteiger partial charge in [-0.25, -0.2) is 9.78 Å². The van der Waals surface area contributed by atoms with Crippen LogP contribution in [0.3, 0.4) is 0 Å². The normalized spacial score (nSPS) is 11.4. The molecule has 2 heterocycles. The number of benzene rings is 1. The predicted molar refractivity (Wildman–Crippen MR) is 78.6 cm³/mol. The van der Waals surface area contributed by atoms with E-state index >= 15 is 0 Å². The van der Waals surface area contributed by atoms with E-state index in [1.807, 2.05) is 24.3 Å². The number of carboxylic acids is 1. The first-order chi connectivity index (χ1) is 10.1. The molecule has 108 valence electrons. The summed E-state index contributed by atoms with van der Waals surface area (Å²) in [7, 11) is 0. The van der Waals surface area contributed by atoms with Crippen molar-refractivity contribution < 1.29 is 14.3 Å². The Labute approximate surface area is 121 Å². The second-order valence-corrected chi connectivity index (χ2v) is 5.27. The molecule has 5 nitrogen and oxygen atoms in total. The van der Waals surface area contributed by atoms with E-state index in [4.69, 9.17) is 9.52 Å². The molecule has 0 saturated carbocycles. The number of nitrogens with zero attached hydrogens (tertiary/aromatic N) is 2. The number of aromatic nitrogens is 2. The van der Waals surface area contributed by atoms with Gasteiger partial charge in [0.2, 0.25) is 5.76 Å². The molecule has 0 spiro atoms. The molecular weight excluding hydrogens is 268 g/mol. The molecule has 0 saturated heterocycles. The highest BCUT2D eigenvalue weighted by Gasteiger charge is 2.16. The van der Waals surface area contributed by atoms with Gasteiger partial charge in [0.1, 0.15) is 11.6 Å². The third-order valence-corrected chi connectivity index (χ3v) is 3.39. The monoisotopic (exact) mass is 284 g/mol. The minimum absolute atomic E-state index is 0.0412. The lowest BCUT2D eigenvalue weighted by Crippen LogP contribution is -2.06. The summed E-state index contributed by atoms with van der Waals surface area (Å²) in [4.78, 5) is 15.5. The Bertz CT molecular complexity index is 799. The van der Waals surface area contributed by atoms with Gasteiger partial charge in [0.25, 0.3) is 0 Å². The standard InChI is InChI=1S/C16H16N2O3/c1-10(2)15-17-12-5-3-4-6-13(12)18(15)9-11-7-8-14(21-11)16(19)20/h3-8,10H,9H2,1-2H3,(H,19,20). The van der Waals surface area contributed by atoms with Crippen LogP contribution in [-0.2, 0) is 6.54 Å². The Morgan fingerprint density at radius 3 is 2.71 bits per heavy atom. The van der Waals surface area contributed by atoms with Crippen molar-refractivity contribution in [2.24, 2.45) is 0 Å². The van der Waals surface area contributed by atoms with Crippen LogP contribution in [0.15, 0.2) is 40.8 Å². The Balaban J connectivity index is 2.05. The van der Waals surface area contributed by atoms with Gasteiger partial charge in [0.05, 0.1) is 17.6 Å². The van der Waals surface area contributed by atoms with E-state index in [9.17, 15) is 4.79 Å². The first-order valence-corrected chi connectivity index (χ1v) is 6.83. The molecule has 0 unspecified atom stereocenters. The van der Waals surface area contributed by atoms with Crippen molar-refractivity contribution in [1.82, 2.24) is 9.55 Å². The zero-order valence-corrected chi connectivity index (χ0v) is 11.9. The Hall–Kier alpha value is -2.56. The lowest BCUT2D eigenvalue weighted by molar-refractivity contribution is 0.0660. The van der Waals surface area contributed by atoms with Gasteiger partial charge in [0.15, 0.2) is 0 Å². The summed E-state index contributed by atoms with van der Waals surface area (Å²) in [5.41, 5.74) is 1.96. The molecule has 0 atom stereocenters. The molecule has 1 N–H and O–H groups in total. The topological polar surface area (TPSA) is 68.3 Å². The first kappa shape index (κ1) is 13.4. The maximum absolute atomic E-state index is 10.9. The van der Waals surface area contributed by atoms with Crippen molar-refractivity contribution in [3.63, 3.8) is 0 Å². The van der Waals surface area contributed by atoms with E-state index in [1.165, 1.54) is 6.07 Å². The molecule has 0 radical (unpaired) electrons. The molecule has 0 aliphatic rings. The van der Waals surface area contributed by atoms with Gasteiger partial charge < -0.3 is 14.1 Å². The average Bonchev–Trinajstić information content (AvgIpc) is 3.05. The van der Waals surface area contributed by atoms with E-state index in [2.05, 4.69) is 23.4 Å². The third kappa shape index (κ3) is 2.42. The van der Waals surface area contributed by atoms with E-state index in [0.717, 1.165) is 16.9 Å². The van der Waals surface area contributed by atoms with Crippen molar-refractivity contribution in [2.75, 3.05) is 0 Å². The average molecular weight is 284 g/mol. The summed E-state index contributed by atoms with van der Waals surface area (Å²) >= 11 is 0. The van der Waals surface area contributed by atoms with Crippen molar-refractivity contribution in [3.8, 4) is 0 Å². The molecule has 3 aromatic rings. The molecule has 0 aliphatic carbocycles. The highest BCUT2D eigenvalue weighted by molar-refractivity contribution is 5.84. The molecule has 1 aromatic carbocycles. The number of furan rings is 1. The highest BCUT2D eigenvalue weighted by Crippen LogP contribution is 2.23. The summed E-state index contributed by atoms with van der Waals surface area (Å²) < 4.78 is 7.43. The van der Waals surface area contributed by atoms with Crippen LogP contribution in [0.2, 0.25) is 0 Å². The lowest BCUT2D eigenvalue weighted by atomic mass is 10.2. The van der Waals surface area contributed by atoms with Crippen LogP contribution in [0.1, 0.15) is 41.9 Å². The molecular formula is C16H16N2O3. The van der Waals surface area contributed by atoms with Crippen LogP contribution in [0, 0.1) is 0 Å². The largest absolute Gasteiger partial charge is 0.475 e. The quantitative estimate of drug-likeness (QED) is 0.796. The number of fused-ring (bicyclic) bond motifs is 1. The second kappa shape index (κ2) is 5.09. The van der Waals surface area contributed by atoms with Crippen LogP contribution in [-0.4, -0.2) is 20.6 Å². The number of aromatic carboxylic acids is 1. The molecule has 0 aliphatic heterocycles. The van der Waals surface area contributed by atoms with Gasteiger partial charge in [0, 0.05) is 5.92 Å². The van der Waals surface area contributed by atoms with Crippen LogP contribution in [0.4, 0.5) is 0 Å². The number of carboxylic acid groups (broad SMARTS) is 1. The molecule has 3 rings (SSSR count). The minimum Gasteiger partial charge on any atom is -0.475 e. The summed E-state index contributed by atoms with van der Waals surface area (Å²) in [6.07, 6.45) is 0. The van der Waals surface area contributed by atoms with Crippen LogP contribution in [0.5, 0.6) is 0 Å². The first-order valence-electron chi connectivity index (χ1n) is 6.83. The number of para-hydroxylation sites is 2. The molecule has 5 heteroatoms. The molecule has 21 heavy (non-hydrogen) atoms. The van der Waals surface area contributed by atoms with E-state index in [1.54, 1.807) is 6.07 Å². The van der Waals surface area contributed by atoms with Crippen molar-refractivity contribution in [2.45, 2.75) is 26.3 Å². The predicted octanol–water partition coefficient (Wildman–Crippen LogP) is 3.50. The minimum atomic E-state index is -1.05. The van der Waals surface area contributed by atoms with Gasteiger partial charge in [-0.15, -0.1) is 0 Å². The molecule has 0 fully saturated rings. The van der Waals surface area contributed by atoms with Gasteiger partial charge in [-0.05, 0) is 24.3 Å². The lowest BCUT2D eigenvalue weighted by Gasteiger charge is -2.09. The van der Waals surface area contributed by atoms with E-state index in [0.29, 0.717) is 12.3 Å². The fraction of sp³-hybridized carbons (Fsp3) is 0.250. The summed E-state index contributed by atoms with van der Waals surface area (Å²) in [6.45, 7) is 4.65. The third-order valence-electron chi connectivity index (χ3n) is 3.39. The maximum atomic E-state index is 10.9. The van der Waals surface area contributed by atoms with Gasteiger partial charge in [-0.1, -0.05) is 26.0 Å². The van der Waals surface area contributed by atoms with E-state index in [-0.39, 0.29) is 11.7 Å². The number of carbonyl (C=O) groups is 1. The van der Waals surface area contributed by atoms with Crippen molar-refractivity contribution >= 4 is 17.0 Å². The van der Waals surface area contributed by atoms with Crippen LogP contribution < -0.4 is 0 Å². The van der Waals surface area contributed by atoms with Crippen molar-refractivity contribution in [3.05, 3.63) is 53.7 Å². The Kier molecular flexibility index (Phi) is 3.25. The van der Waals surface area contributed by atoms with E-state index < -0.39 is 5.97 Å². The fourth-order valence-corrected chi connectivity index (χ4v) is 2.43. The van der Waals surface area contributed by atoms with Gasteiger partial charge in [-0.3, -0.25) is 0 Å². The highest BCUT2D eigenvalue weighted by atomic mass is 16.4. The fourth-order valence-electron chi connectivity index (χ4n) is 2.43. The molecule has 0 amide bonds. The summed E-state index contributed by atoms with van der Waals surface area (Å²) in [6, 6.07) is 11.1. The number of hydrogen-bond donors (Lipinski definition) is 1. The zero-order valence-electron chi connectivity index (χ0n) is 11.9. The molecule has 2 aromatic heterocycles. The van der Waals surface area contributed by atoms with Gasteiger partial charge in [-0.2, -0.15) is 0 Å². The van der Waals surface area contributed by atoms with Crippen molar-refractivity contribution in [1.29, 1.82) is 0 Å². The smallest absolute Gasteiger partial charge is 0.371 e. The second-order valence-electron chi connectivity index (χ2n) is 5.27. The SMILES string of the molecule is CC(C)c1nc2ccccc2n1Cc1ccc(C(=O)O)o1. The number of hydrogen-bond acceptors (Lipinski definition) is 3. The Morgan fingerprint density at radius 2 is 2.05 bits per heavy atom. The number of rotatable bonds is 4. The molecule has 0 bridgehead atoms. The maximum Gasteiger partial charge on any atom is 0.371 e. The zero-order chi connectivity index (χ0) is 15.0.